The molecule has 10 nitrogen and oxygen atoms in total. The fourth-order valence-corrected chi connectivity index (χ4v) is 3.91. The highest BCUT2D eigenvalue weighted by molar-refractivity contribution is 6.46. The van der Waals surface area contributed by atoms with Crippen LogP contribution in [0.2, 0.25) is 0 Å². The summed E-state index contributed by atoms with van der Waals surface area (Å²) in [6.07, 6.45) is 1.44. The summed E-state index contributed by atoms with van der Waals surface area (Å²) in [5.74, 6) is -1.14. The molecule has 0 aliphatic carbocycles. The van der Waals surface area contributed by atoms with Gasteiger partial charge in [-0.1, -0.05) is 12.1 Å². The van der Waals surface area contributed by atoms with E-state index in [-0.39, 0.29) is 23.4 Å². The van der Waals surface area contributed by atoms with Gasteiger partial charge in [0, 0.05) is 23.3 Å². The Labute approximate surface area is 193 Å². The second kappa shape index (κ2) is 9.10. The van der Waals surface area contributed by atoms with Crippen LogP contribution in [0.25, 0.3) is 5.76 Å². The minimum atomic E-state index is -1.07. The van der Waals surface area contributed by atoms with Gasteiger partial charge < -0.3 is 23.9 Å². The normalized spacial score (nSPS) is 17.1. The molecule has 1 saturated heterocycles. The van der Waals surface area contributed by atoms with Crippen molar-refractivity contribution < 1.29 is 33.5 Å². The smallest absolute Gasteiger partial charge is 0.296 e. The molecule has 0 saturated carbocycles. The number of carbonyl (C=O) groups excluding carboxylic acids is 2. The molecule has 174 valence electrons. The van der Waals surface area contributed by atoms with E-state index in [1.165, 1.54) is 43.6 Å². The Morgan fingerprint density at radius 1 is 1.12 bits per heavy atom. The number of amides is 1. The molecular formula is C24H20N2O8. The van der Waals surface area contributed by atoms with Crippen molar-refractivity contribution in [2.24, 2.45) is 0 Å². The first-order valence-corrected chi connectivity index (χ1v) is 10.1. The van der Waals surface area contributed by atoms with Gasteiger partial charge in [0.2, 0.25) is 0 Å². The monoisotopic (exact) mass is 464 g/mol. The van der Waals surface area contributed by atoms with E-state index < -0.39 is 28.4 Å². The zero-order chi connectivity index (χ0) is 24.4. The van der Waals surface area contributed by atoms with E-state index in [1.54, 1.807) is 30.3 Å². The summed E-state index contributed by atoms with van der Waals surface area (Å²) in [6.45, 7) is -0.0612. The van der Waals surface area contributed by atoms with Gasteiger partial charge in [-0.05, 0) is 30.3 Å². The number of aliphatic hydroxyl groups is 1. The molecule has 10 heteroatoms. The highest BCUT2D eigenvalue weighted by atomic mass is 16.6. The second-order valence-corrected chi connectivity index (χ2v) is 7.42. The van der Waals surface area contributed by atoms with Gasteiger partial charge in [-0.2, -0.15) is 0 Å². The zero-order valence-corrected chi connectivity index (χ0v) is 18.3. The van der Waals surface area contributed by atoms with E-state index in [0.29, 0.717) is 22.8 Å². The highest BCUT2D eigenvalue weighted by Gasteiger charge is 2.47. The molecule has 2 aromatic carbocycles. The van der Waals surface area contributed by atoms with E-state index in [1.807, 2.05) is 0 Å². The average Bonchev–Trinajstić information content (AvgIpc) is 3.45. The van der Waals surface area contributed by atoms with E-state index in [9.17, 15) is 24.8 Å². The van der Waals surface area contributed by atoms with Gasteiger partial charge in [-0.3, -0.25) is 19.7 Å². The summed E-state index contributed by atoms with van der Waals surface area (Å²) in [6, 6.07) is 12.3. The SMILES string of the molecule is COc1ccc(OC)c([C@H]2/C(=C(\O)c3cccc([N+](=O)[O-])c3)C(=O)C(=O)N2Cc2ccco2)c1. The number of nitro benzene ring substituents is 1. The van der Waals surface area contributed by atoms with Crippen LogP contribution < -0.4 is 9.47 Å². The number of ether oxygens (including phenoxy) is 2. The van der Waals surface area contributed by atoms with Crippen LogP contribution in [0.1, 0.15) is 22.9 Å². The van der Waals surface area contributed by atoms with Crippen LogP contribution in [0.15, 0.2) is 70.9 Å². The maximum absolute atomic E-state index is 13.2. The maximum atomic E-state index is 13.2. The molecule has 1 aromatic heterocycles. The summed E-state index contributed by atoms with van der Waals surface area (Å²) < 4.78 is 16.2. The first kappa shape index (κ1) is 22.6. The van der Waals surface area contributed by atoms with E-state index in [4.69, 9.17) is 13.9 Å². The molecule has 1 aliphatic heterocycles. The number of benzene rings is 2. The minimum absolute atomic E-state index is 0.0251. The first-order chi connectivity index (χ1) is 16.3. The third kappa shape index (κ3) is 3.96. The van der Waals surface area contributed by atoms with Gasteiger partial charge >= 0.3 is 0 Å². The van der Waals surface area contributed by atoms with Crippen LogP contribution in [-0.4, -0.2) is 40.8 Å². The van der Waals surface area contributed by atoms with Crippen LogP contribution in [0.4, 0.5) is 5.69 Å². The molecule has 2 heterocycles. The Balaban J connectivity index is 1.95. The molecule has 0 unspecified atom stereocenters. The summed E-state index contributed by atoms with van der Waals surface area (Å²) in [5, 5.41) is 22.4. The van der Waals surface area contributed by atoms with Gasteiger partial charge in [-0.15, -0.1) is 0 Å². The quantitative estimate of drug-likeness (QED) is 0.183. The van der Waals surface area contributed by atoms with Gasteiger partial charge in [0.25, 0.3) is 17.4 Å². The molecule has 1 atom stereocenters. The van der Waals surface area contributed by atoms with Crippen LogP contribution in [-0.2, 0) is 16.1 Å². The topological polar surface area (TPSA) is 132 Å². The number of hydrogen-bond donors (Lipinski definition) is 1. The molecule has 0 spiro atoms. The molecule has 34 heavy (non-hydrogen) atoms. The average molecular weight is 464 g/mol. The van der Waals surface area contributed by atoms with Crippen molar-refractivity contribution in [2.45, 2.75) is 12.6 Å². The lowest BCUT2D eigenvalue weighted by atomic mass is 9.94. The molecule has 0 radical (unpaired) electrons. The van der Waals surface area contributed by atoms with E-state index in [0.717, 1.165) is 6.07 Å². The maximum Gasteiger partial charge on any atom is 0.296 e. The lowest BCUT2D eigenvalue weighted by Gasteiger charge is -2.26. The number of non-ortho nitro benzene ring substituents is 1. The fraction of sp³-hybridized carbons (Fsp3) is 0.167. The number of hydrogen-bond acceptors (Lipinski definition) is 8. The predicted molar refractivity (Wildman–Crippen MR) is 119 cm³/mol. The van der Waals surface area contributed by atoms with Crippen molar-refractivity contribution in [3.63, 3.8) is 0 Å². The lowest BCUT2D eigenvalue weighted by Crippen LogP contribution is -2.29. The van der Waals surface area contributed by atoms with Crippen molar-refractivity contribution in [1.82, 2.24) is 4.90 Å². The summed E-state index contributed by atoms with van der Waals surface area (Å²) in [4.78, 5) is 38.1. The van der Waals surface area contributed by atoms with Crippen LogP contribution in [0, 0.1) is 10.1 Å². The lowest BCUT2D eigenvalue weighted by molar-refractivity contribution is -0.384. The van der Waals surface area contributed by atoms with Crippen molar-refractivity contribution in [2.75, 3.05) is 14.2 Å². The van der Waals surface area contributed by atoms with Crippen molar-refractivity contribution >= 4 is 23.1 Å². The van der Waals surface area contributed by atoms with Crippen LogP contribution >= 0.6 is 0 Å². The van der Waals surface area contributed by atoms with Crippen molar-refractivity contribution in [3.05, 3.63) is 93.4 Å². The number of furan rings is 1. The van der Waals surface area contributed by atoms with Gasteiger partial charge in [0.05, 0.1) is 43.6 Å². The number of ketones is 1. The summed E-state index contributed by atoms with van der Waals surface area (Å²) in [7, 11) is 2.90. The fourth-order valence-electron chi connectivity index (χ4n) is 3.91. The number of carbonyl (C=O) groups is 2. The number of aliphatic hydroxyl groups excluding tert-OH is 1. The summed E-state index contributed by atoms with van der Waals surface area (Å²) >= 11 is 0. The number of Topliss-reactive ketones (excluding diaryl/α,β-unsaturated/α-hetero) is 1. The molecule has 1 fully saturated rings. The number of rotatable bonds is 7. The Bertz CT molecular complexity index is 1300. The van der Waals surface area contributed by atoms with E-state index >= 15 is 0 Å². The third-order valence-corrected chi connectivity index (χ3v) is 5.51. The molecule has 3 aromatic rings. The standard InChI is InChI=1S/C24H20N2O8/c1-32-16-8-9-19(33-2)18(12-16)21-20(22(27)14-5-3-6-15(11-14)26(30)31)23(28)24(29)25(21)13-17-7-4-10-34-17/h3-12,21,27H,13H2,1-2H3/b22-20+/t21-/m0/s1. The Morgan fingerprint density at radius 2 is 1.91 bits per heavy atom. The number of likely N-dealkylation sites (tertiary alicyclic amines) is 1. The molecule has 4 rings (SSSR count). The van der Waals surface area contributed by atoms with Crippen molar-refractivity contribution in [3.8, 4) is 11.5 Å². The number of nitrogens with zero attached hydrogens (tertiary/aromatic N) is 2. The molecule has 1 amide bonds. The Kier molecular flexibility index (Phi) is 6.05. The Hall–Kier alpha value is -4.60. The van der Waals surface area contributed by atoms with Crippen LogP contribution in [0.3, 0.4) is 0 Å². The zero-order valence-electron chi connectivity index (χ0n) is 18.3. The number of methoxy groups -OCH3 is 2. The molecule has 1 N–H and O–H groups in total. The van der Waals surface area contributed by atoms with Crippen molar-refractivity contribution in [1.29, 1.82) is 0 Å². The number of nitro groups is 1. The van der Waals surface area contributed by atoms with Gasteiger partial charge in [-0.25, -0.2) is 0 Å². The highest BCUT2D eigenvalue weighted by Crippen LogP contribution is 2.44. The molecule has 1 aliphatic rings. The van der Waals surface area contributed by atoms with Gasteiger partial charge in [0.1, 0.15) is 23.0 Å². The second-order valence-electron chi connectivity index (χ2n) is 7.42. The summed E-state index contributed by atoms with van der Waals surface area (Å²) in [5.41, 5.74) is -0.0929. The Morgan fingerprint density at radius 3 is 2.56 bits per heavy atom. The largest absolute Gasteiger partial charge is 0.507 e. The molecular weight excluding hydrogens is 444 g/mol. The van der Waals surface area contributed by atoms with Gasteiger partial charge in [0.15, 0.2) is 0 Å². The predicted octanol–water partition coefficient (Wildman–Crippen LogP) is 3.83. The van der Waals surface area contributed by atoms with Crippen LogP contribution in [0.5, 0.6) is 11.5 Å². The third-order valence-electron chi connectivity index (χ3n) is 5.51. The molecule has 0 bridgehead atoms. The minimum Gasteiger partial charge on any atom is -0.507 e. The van der Waals surface area contributed by atoms with E-state index in [2.05, 4.69) is 0 Å². The first-order valence-electron chi connectivity index (χ1n) is 10.1.